The third-order valence-corrected chi connectivity index (χ3v) is 2.43. The number of nitrogens with two attached hydrogens (primary N) is 1. The van der Waals surface area contributed by atoms with Gasteiger partial charge in [-0.3, -0.25) is 0 Å². The standard InChI is InChI=1S/C13H15N3O/c1-9(2)10-4-3-5-11(8-10)17-13-12(14)15-6-7-16-13/h3-9H,1-2H3,(H2,14,15). The monoisotopic (exact) mass is 229 g/mol. The molecule has 0 fully saturated rings. The van der Waals surface area contributed by atoms with E-state index < -0.39 is 0 Å². The molecule has 1 heterocycles. The van der Waals surface area contributed by atoms with Gasteiger partial charge in [-0.1, -0.05) is 26.0 Å². The minimum absolute atomic E-state index is 0.294. The summed E-state index contributed by atoms with van der Waals surface area (Å²) in [6.07, 6.45) is 3.09. The summed E-state index contributed by atoms with van der Waals surface area (Å²) in [6, 6.07) is 7.88. The molecule has 2 aromatic rings. The van der Waals surface area contributed by atoms with Crippen molar-refractivity contribution >= 4 is 5.82 Å². The number of nitrogen functional groups attached to an aromatic ring is 1. The summed E-state index contributed by atoms with van der Waals surface area (Å²) >= 11 is 0. The van der Waals surface area contributed by atoms with Gasteiger partial charge in [0.25, 0.3) is 5.88 Å². The zero-order valence-corrected chi connectivity index (χ0v) is 9.92. The molecular formula is C13H15N3O. The smallest absolute Gasteiger partial charge is 0.262 e. The molecule has 2 N–H and O–H groups in total. The van der Waals surface area contributed by atoms with Crippen LogP contribution in [0.1, 0.15) is 25.3 Å². The van der Waals surface area contributed by atoms with Gasteiger partial charge in [0.1, 0.15) is 5.75 Å². The van der Waals surface area contributed by atoms with Crippen LogP contribution in [0.4, 0.5) is 5.82 Å². The van der Waals surface area contributed by atoms with E-state index in [4.69, 9.17) is 10.5 Å². The van der Waals surface area contributed by atoms with Crippen molar-refractivity contribution in [3.63, 3.8) is 0 Å². The molecule has 2 rings (SSSR count). The Morgan fingerprint density at radius 1 is 1.18 bits per heavy atom. The lowest BCUT2D eigenvalue weighted by molar-refractivity contribution is 0.462. The Kier molecular flexibility index (Phi) is 3.23. The highest BCUT2D eigenvalue weighted by molar-refractivity contribution is 5.42. The molecule has 0 aliphatic heterocycles. The molecule has 0 spiro atoms. The second-order valence-corrected chi connectivity index (χ2v) is 4.08. The molecule has 88 valence electrons. The van der Waals surface area contributed by atoms with Gasteiger partial charge in [-0.2, -0.15) is 0 Å². The van der Waals surface area contributed by atoms with Crippen LogP contribution in [-0.2, 0) is 0 Å². The number of nitrogens with zero attached hydrogens (tertiary/aromatic N) is 2. The first-order valence-electron chi connectivity index (χ1n) is 5.51. The number of hydrogen-bond donors (Lipinski definition) is 1. The van der Waals surface area contributed by atoms with Crippen LogP contribution >= 0.6 is 0 Å². The summed E-state index contributed by atoms with van der Waals surface area (Å²) in [6.45, 7) is 4.27. The maximum Gasteiger partial charge on any atom is 0.262 e. The lowest BCUT2D eigenvalue weighted by atomic mass is 10.0. The number of anilines is 1. The molecule has 0 aliphatic carbocycles. The number of ether oxygens (including phenoxy) is 1. The van der Waals surface area contributed by atoms with Crippen LogP contribution in [0.3, 0.4) is 0 Å². The van der Waals surface area contributed by atoms with Crippen molar-refractivity contribution in [1.82, 2.24) is 9.97 Å². The minimum atomic E-state index is 0.294. The Balaban J connectivity index is 2.25. The normalized spacial score (nSPS) is 10.5. The van der Waals surface area contributed by atoms with Crippen molar-refractivity contribution in [3.8, 4) is 11.6 Å². The first-order chi connectivity index (χ1) is 8.16. The first kappa shape index (κ1) is 11.4. The second-order valence-electron chi connectivity index (χ2n) is 4.08. The van der Waals surface area contributed by atoms with Gasteiger partial charge in [0.2, 0.25) is 0 Å². The molecule has 0 unspecified atom stereocenters. The maximum absolute atomic E-state index is 5.67. The van der Waals surface area contributed by atoms with Gasteiger partial charge < -0.3 is 10.5 Å². The summed E-state index contributed by atoms with van der Waals surface area (Å²) in [5.41, 5.74) is 6.88. The largest absolute Gasteiger partial charge is 0.436 e. The van der Waals surface area contributed by atoms with Gasteiger partial charge in [0.05, 0.1) is 0 Å². The fourth-order valence-electron chi connectivity index (χ4n) is 1.46. The summed E-state index contributed by atoms with van der Waals surface area (Å²) in [5.74, 6) is 1.82. The molecule has 17 heavy (non-hydrogen) atoms. The van der Waals surface area contributed by atoms with Crippen molar-refractivity contribution in [2.75, 3.05) is 5.73 Å². The fourth-order valence-corrected chi connectivity index (χ4v) is 1.46. The van der Waals surface area contributed by atoms with Crippen molar-refractivity contribution in [1.29, 1.82) is 0 Å². The fraction of sp³-hybridized carbons (Fsp3) is 0.231. The van der Waals surface area contributed by atoms with E-state index in [2.05, 4.69) is 29.9 Å². The lowest BCUT2D eigenvalue weighted by Crippen LogP contribution is -1.97. The molecule has 4 nitrogen and oxygen atoms in total. The average molecular weight is 229 g/mol. The molecule has 1 aromatic carbocycles. The second kappa shape index (κ2) is 4.82. The van der Waals surface area contributed by atoms with Crippen LogP contribution in [0, 0.1) is 0 Å². The highest BCUT2D eigenvalue weighted by Crippen LogP contribution is 2.25. The number of hydrogen-bond acceptors (Lipinski definition) is 4. The van der Waals surface area contributed by atoms with Crippen LogP contribution in [0.5, 0.6) is 11.6 Å². The van der Waals surface area contributed by atoms with E-state index in [1.807, 2.05) is 18.2 Å². The minimum Gasteiger partial charge on any atom is -0.436 e. The van der Waals surface area contributed by atoms with Crippen LogP contribution < -0.4 is 10.5 Å². The third kappa shape index (κ3) is 2.72. The summed E-state index contributed by atoms with van der Waals surface area (Å²) < 4.78 is 5.60. The number of rotatable bonds is 3. The van der Waals surface area contributed by atoms with E-state index in [1.165, 1.54) is 11.8 Å². The zero-order valence-electron chi connectivity index (χ0n) is 9.92. The summed E-state index contributed by atoms with van der Waals surface area (Å²) in [5, 5.41) is 0. The molecule has 0 amide bonds. The lowest BCUT2D eigenvalue weighted by Gasteiger charge is -2.09. The number of aromatic nitrogens is 2. The number of benzene rings is 1. The molecule has 4 heteroatoms. The van der Waals surface area contributed by atoms with Crippen LogP contribution in [0.2, 0.25) is 0 Å². The van der Waals surface area contributed by atoms with Crippen molar-refractivity contribution in [3.05, 3.63) is 42.2 Å². The quantitative estimate of drug-likeness (QED) is 0.878. The van der Waals surface area contributed by atoms with E-state index in [0.717, 1.165) is 5.75 Å². The zero-order chi connectivity index (χ0) is 12.3. The van der Waals surface area contributed by atoms with E-state index in [0.29, 0.717) is 17.6 Å². The van der Waals surface area contributed by atoms with E-state index in [1.54, 1.807) is 6.20 Å². The summed E-state index contributed by atoms with van der Waals surface area (Å²) in [7, 11) is 0. The SMILES string of the molecule is CC(C)c1cccc(Oc2nccnc2N)c1. The van der Waals surface area contributed by atoms with Gasteiger partial charge in [0.15, 0.2) is 5.82 Å². The maximum atomic E-state index is 5.67. The summed E-state index contributed by atoms with van der Waals surface area (Å²) in [4.78, 5) is 7.96. The Morgan fingerprint density at radius 3 is 2.65 bits per heavy atom. The van der Waals surface area contributed by atoms with Crippen LogP contribution in [0.25, 0.3) is 0 Å². The Bertz CT molecular complexity index is 512. The van der Waals surface area contributed by atoms with E-state index in [-0.39, 0.29) is 0 Å². The molecule has 0 atom stereocenters. The van der Waals surface area contributed by atoms with Crippen molar-refractivity contribution in [2.24, 2.45) is 0 Å². The van der Waals surface area contributed by atoms with Gasteiger partial charge >= 0.3 is 0 Å². The average Bonchev–Trinajstić information content (AvgIpc) is 2.32. The van der Waals surface area contributed by atoms with Crippen LogP contribution in [-0.4, -0.2) is 9.97 Å². The van der Waals surface area contributed by atoms with E-state index in [9.17, 15) is 0 Å². The molecule has 0 radical (unpaired) electrons. The van der Waals surface area contributed by atoms with Crippen molar-refractivity contribution < 1.29 is 4.74 Å². The predicted molar refractivity (Wildman–Crippen MR) is 67.0 cm³/mol. The van der Waals surface area contributed by atoms with E-state index >= 15 is 0 Å². The first-order valence-corrected chi connectivity index (χ1v) is 5.51. The molecule has 1 aromatic heterocycles. The Hall–Kier alpha value is -2.10. The molecule has 0 bridgehead atoms. The molecule has 0 aliphatic rings. The topological polar surface area (TPSA) is 61.0 Å². The van der Waals surface area contributed by atoms with Crippen molar-refractivity contribution in [2.45, 2.75) is 19.8 Å². The molecular weight excluding hydrogens is 214 g/mol. The van der Waals surface area contributed by atoms with Crippen LogP contribution in [0.15, 0.2) is 36.7 Å². The van der Waals surface area contributed by atoms with Gasteiger partial charge in [0, 0.05) is 12.4 Å². The molecule has 0 saturated carbocycles. The van der Waals surface area contributed by atoms with Gasteiger partial charge in [-0.05, 0) is 23.6 Å². The van der Waals surface area contributed by atoms with Gasteiger partial charge in [-0.15, -0.1) is 0 Å². The molecule has 0 saturated heterocycles. The Labute approximate surface area is 100 Å². The third-order valence-electron chi connectivity index (χ3n) is 2.43. The Morgan fingerprint density at radius 2 is 1.94 bits per heavy atom. The predicted octanol–water partition coefficient (Wildman–Crippen LogP) is 2.97. The van der Waals surface area contributed by atoms with Gasteiger partial charge in [-0.25, -0.2) is 9.97 Å². The highest BCUT2D eigenvalue weighted by atomic mass is 16.5. The highest BCUT2D eigenvalue weighted by Gasteiger charge is 2.05.